The van der Waals surface area contributed by atoms with Crippen molar-refractivity contribution >= 4 is 88.4 Å². The summed E-state index contributed by atoms with van der Waals surface area (Å²) in [5.41, 5.74) is 10.2. The molecule has 4 heteroatoms. The lowest BCUT2D eigenvalue weighted by Crippen LogP contribution is -2.11. The average Bonchev–Trinajstić information content (AvgIpc) is 3.67. The number of para-hydroxylation sites is 4. The van der Waals surface area contributed by atoms with Crippen molar-refractivity contribution in [2.75, 3.05) is 9.80 Å². The molecule has 0 N–H and O–H groups in total. The number of rotatable bonds is 6. The van der Waals surface area contributed by atoms with Crippen LogP contribution in [0.3, 0.4) is 0 Å². The molecule has 0 amide bonds. The third-order valence-electron chi connectivity index (χ3n) is 11.6. The SMILES string of the molecule is c1ccc(N(c2ccc3ccccc3c2)c2ccc3cc4c5c(cccc5c3c2)Oc2cc(N(c3ccccc3)c3cccc5c3oc3ccccc35)ccc2-4)cc1. The third kappa shape index (κ3) is 5.09. The Morgan fingerprint density at radius 1 is 0.328 bits per heavy atom. The first-order valence-electron chi connectivity index (χ1n) is 19.7. The highest BCUT2D eigenvalue weighted by molar-refractivity contribution is 6.18. The summed E-state index contributed by atoms with van der Waals surface area (Å²) in [6.07, 6.45) is 0. The Bertz CT molecular complexity index is 3390. The average molecular weight is 743 g/mol. The van der Waals surface area contributed by atoms with Crippen molar-refractivity contribution in [2.45, 2.75) is 0 Å². The van der Waals surface area contributed by atoms with Crippen LogP contribution in [-0.4, -0.2) is 0 Å². The van der Waals surface area contributed by atoms with Crippen LogP contribution in [0.5, 0.6) is 11.5 Å². The van der Waals surface area contributed by atoms with Gasteiger partial charge < -0.3 is 19.0 Å². The Balaban J connectivity index is 1.01. The normalized spacial score (nSPS) is 11.9. The molecule has 4 nitrogen and oxygen atoms in total. The van der Waals surface area contributed by atoms with Crippen molar-refractivity contribution in [3.8, 4) is 22.6 Å². The van der Waals surface area contributed by atoms with Gasteiger partial charge >= 0.3 is 0 Å². The lowest BCUT2D eigenvalue weighted by Gasteiger charge is -2.28. The van der Waals surface area contributed by atoms with E-state index in [9.17, 15) is 0 Å². The van der Waals surface area contributed by atoms with Gasteiger partial charge in [-0.05, 0) is 117 Å². The molecule has 58 heavy (non-hydrogen) atoms. The van der Waals surface area contributed by atoms with Crippen molar-refractivity contribution in [1.82, 2.24) is 0 Å². The van der Waals surface area contributed by atoms with E-state index in [4.69, 9.17) is 9.15 Å². The van der Waals surface area contributed by atoms with E-state index in [0.29, 0.717) is 0 Å². The smallest absolute Gasteiger partial charge is 0.159 e. The molecule has 12 rings (SSSR count). The summed E-state index contributed by atoms with van der Waals surface area (Å²) in [7, 11) is 0. The zero-order valence-electron chi connectivity index (χ0n) is 31.3. The highest BCUT2D eigenvalue weighted by Gasteiger charge is 2.26. The molecule has 10 aromatic carbocycles. The monoisotopic (exact) mass is 742 g/mol. The van der Waals surface area contributed by atoms with Crippen LogP contribution in [0.25, 0.3) is 65.4 Å². The molecule has 0 saturated carbocycles. The molecule has 1 aliphatic heterocycles. The lowest BCUT2D eigenvalue weighted by atomic mass is 9.90. The van der Waals surface area contributed by atoms with E-state index in [1.54, 1.807) is 0 Å². The minimum atomic E-state index is 0.817. The third-order valence-corrected chi connectivity index (χ3v) is 11.6. The van der Waals surface area contributed by atoms with Gasteiger partial charge in [0.25, 0.3) is 0 Å². The molecule has 0 atom stereocenters. The Kier molecular flexibility index (Phi) is 7.20. The van der Waals surface area contributed by atoms with Crippen molar-refractivity contribution in [2.24, 2.45) is 0 Å². The fourth-order valence-corrected chi connectivity index (χ4v) is 8.93. The molecule has 11 aromatic rings. The fraction of sp³-hybridized carbons (Fsp3) is 0. The van der Waals surface area contributed by atoms with Gasteiger partial charge in [0.2, 0.25) is 0 Å². The van der Waals surface area contributed by atoms with Crippen molar-refractivity contribution in [3.63, 3.8) is 0 Å². The summed E-state index contributed by atoms with van der Waals surface area (Å²) >= 11 is 0. The molecule has 0 radical (unpaired) electrons. The van der Waals surface area contributed by atoms with Crippen LogP contribution in [0.15, 0.2) is 211 Å². The first-order chi connectivity index (χ1) is 28.7. The maximum absolute atomic E-state index is 6.89. The van der Waals surface area contributed by atoms with Gasteiger partial charge in [-0.3, -0.25) is 0 Å². The molecule has 1 aliphatic rings. The lowest BCUT2D eigenvalue weighted by molar-refractivity contribution is 0.487. The standard InChI is InChI=1S/C54H34N2O2/c1-3-15-38(16-4-1)55(40-27-25-35-13-7-8-14-36(35)31-40)41-28-26-37-32-48-44-30-29-42(34-52(44)57-51-24-12-20-45(53(48)51)47(37)33-41)56(39-17-5-2-6-18-39)49-22-11-21-46-43-19-9-10-23-50(43)58-54(46)49/h1-34H. The fourth-order valence-electron chi connectivity index (χ4n) is 8.93. The van der Waals surface area contributed by atoms with E-state index >= 15 is 0 Å². The van der Waals surface area contributed by atoms with Gasteiger partial charge in [0, 0.05) is 50.5 Å². The van der Waals surface area contributed by atoms with Gasteiger partial charge in [0.05, 0.1) is 11.4 Å². The number of benzene rings is 10. The molecule has 0 fully saturated rings. The second-order valence-corrected chi connectivity index (χ2v) is 14.9. The van der Waals surface area contributed by atoms with E-state index in [0.717, 1.165) is 83.9 Å². The van der Waals surface area contributed by atoms with Crippen LogP contribution in [-0.2, 0) is 0 Å². The maximum atomic E-state index is 6.89. The van der Waals surface area contributed by atoms with Gasteiger partial charge in [-0.2, -0.15) is 0 Å². The second-order valence-electron chi connectivity index (χ2n) is 14.9. The Morgan fingerprint density at radius 2 is 0.966 bits per heavy atom. The first-order valence-corrected chi connectivity index (χ1v) is 19.7. The second kappa shape index (κ2) is 12.9. The summed E-state index contributed by atoms with van der Waals surface area (Å²) < 4.78 is 13.5. The summed E-state index contributed by atoms with van der Waals surface area (Å²) in [5, 5.41) is 9.26. The number of hydrogen-bond donors (Lipinski definition) is 0. The molecule has 0 unspecified atom stereocenters. The summed E-state index contributed by atoms with van der Waals surface area (Å²) in [5.74, 6) is 1.67. The Hall–Kier alpha value is -7.82. The van der Waals surface area contributed by atoms with Crippen LogP contribution in [0, 0.1) is 0 Å². The van der Waals surface area contributed by atoms with Gasteiger partial charge in [-0.25, -0.2) is 0 Å². The van der Waals surface area contributed by atoms with Crippen LogP contribution in [0.2, 0.25) is 0 Å². The van der Waals surface area contributed by atoms with Crippen molar-refractivity contribution in [3.05, 3.63) is 206 Å². The van der Waals surface area contributed by atoms with E-state index in [2.05, 4.69) is 198 Å². The zero-order chi connectivity index (χ0) is 38.2. The Morgan fingerprint density at radius 3 is 1.81 bits per heavy atom. The predicted octanol–water partition coefficient (Wildman–Crippen LogP) is 15.8. The maximum Gasteiger partial charge on any atom is 0.159 e. The summed E-state index contributed by atoms with van der Waals surface area (Å²) in [4.78, 5) is 4.61. The van der Waals surface area contributed by atoms with E-state index in [1.807, 2.05) is 18.2 Å². The van der Waals surface area contributed by atoms with Crippen LogP contribution in [0.1, 0.15) is 0 Å². The highest BCUT2D eigenvalue weighted by atomic mass is 16.5. The number of ether oxygens (including phenoxy) is 1. The van der Waals surface area contributed by atoms with Crippen LogP contribution >= 0.6 is 0 Å². The van der Waals surface area contributed by atoms with E-state index in [-0.39, 0.29) is 0 Å². The Labute approximate surface area is 335 Å². The minimum absolute atomic E-state index is 0.817. The largest absolute Gasteiger partial charge is 0.456 e. The quantitative estimate of drug-likeness (QED) is 0.159. The molecule has 1 aromatic heterocycles. The van der Waals surface area contributed by atoms with Gasteiger partial charge in [0.15, 0.2) is 5.58 Å². The van der Waals surface area contributed by atoms with Gasteiger partial charge in [0.1, 0.15) is 17.1 Å². The van der Waals surface area contributed by atoms with E-state index < -0.39 is 0 Å². The number of fused-ring (bicyclic) bond motifs is 8. The molecule has 272 valence electrons. The highest BCUT2D eigenvalue weighted by Crippen LogP contribution is 2.52. The summed E-state index contributed by atoms with van der Waals surface area (Å²) in [6.45, 7) is 0. The molecule has 0 spiro atoms. The number of nitrogens with zero attached hydrogens (tertiary/aromatic N) is 2. The van der Waals surface area contributed by atoms with Gasteiger partial charge in [-0.1, -0.05) is 115 Å². The van der Waals surface area contributed by atoms with Gasteiger partial charge in [-0.15, -0.1) is 0 Å². The predicted molar refractivity (Wildman–Crippen MR) is 241 cm³/mol. The van der Waals surface area contributed by atoms with Crippen molar-refractivity contribution < 1.29 is 9.15 Å². The molecule has 2 heterocycles. The molecular weight excluding hydrogens is 709 g/mol. The van der Waals surface area contributed by atoms with Crippen LogP contribution in [0.4, 0.5) is 34.1 Å². The first kappa shape index (κ1) is 32.4. The number of hydrogen-bond acceptors (Lipinski definition) is 4. The topological polar surface area (TPSA) is 28.9 Å². The number of furan rings is 1. The number of anilines is 6. The molecule has 0 saturated heterocycles. The van der Waals surface area contributed by atoms with E-state index in [1.165, 1.54) is 27.1 Å². The molecule has 0 bridgehead atoms. The minimum Gasteiger partial charge on any atom is -0.456 e. The summed E-state index contributed by atoms with van der Waals surface area (Å²) in [6, 6.07) is 73.1. The molecule has 0 aliphatic carbocycles. The van der Waals surface area contributed by atoms with Crippen molar-refractivity contribution in [1.29, 1.82) is 0 Å². The zero-order valence-corrected chi connectivity index (χ0v) is 31.3. The molecular formula is C54H34N2O2. The van der Waals surface area contributed by atoms with Crippen LogP contribution < -0.4 is 14.5 Å².